The second-order valence-corrected chi connectivity index (χ2v) is 5.83. The van der Waals surface area contributed by atoms with Gasteiger partial charge in [-0.25, -0.2) is 0 Å². The fourth-order valence-corrected chi connectivity index (χ4v) is 2.63. The van der Waals surface area contributed by atoms with Crippen molar-refractivity contribution >= 4 is 29.1 Å². The topological polar surface area (TPSA) is 72.7 Å². The third kappa shape index (κ3) is 3.77. The van der Waals surface area contributed by atoms with Crippen molar-refractivity contribution in [2.24, 2.45) is 7.05 Å². The van der Waals surface area contributed by atoms with Crippen molar-refractivity contribution in [2.45, 2.75) is 6.10 Å². The van der Waals surface area contributed by atoms with Crippen LogP contribution in [-0.4, -0.2) is 36.3 Å². The smallest absolute Gasteiger partial charge is 0.268 e. The maximum absolute atomic E-state index is 12.2. The van der Waals surface area contributed by atoms with Crippen LogP contribution in [0.3, 0.4) is 0 Å². The number of nitrogens with zero attached hydrogens (tertiary/aromatic N) is 1. The highest BCUT2D eigenvalue weighted by Gasteiger charge is 2.19. The van der Waals surface area contributed by atoms with E-state index in [4.69, 9.17) is 32.7 Å². The zero-order valence-corrected chi connectivity index (χ0v) is 15.0. The number of ether oxygens (including phenoxy) is 2. The van der Waals surface area contributed by atoms with Gasteiger partial charge in [0.15, 0.2) is 0 Å². The fourth-order valence-electron chi connectivity index (χ4n) is 2.25. The third-order valence-electron chi connectivity index (χ3n) is 3.60. The van der Waals surface area contributed by atoms with Crippen molar-refractivity contribution in [1.29, 1.82) is 0 Å². The second kappa shape index (κ2) is 7.79. The lowest BCUT2D eigenvalue weighted by atomic mass is 10.1. The van der Waals surface area contributed by atoms with Gasteiger partial charge in [-0.05, 0) is 24.3 Å². The Hall–Kier alpha value is -1.89. The minimum absolute atomic E-state index is 0.0111. The normalized spacial score (nSPS) is 11.9. The number of nitrogens with one attached hydrogen (secondary N) is 1. The SMILES string of the molecule is COc1ccc(OC)c([C@@H](O)CNC(=O)c2cc(Cl)c(Cl)n2C)c1. The van der Waals surface area contributed by atoms with E-state index in [-0.39, 0.29) is 11.7 Å². The highest BCUT2D eigenvalue weighted by molar-refractivity contribution is 6.41. The molecule has 24 heavy (non-hydrogen) atoms. The predicted octanol–water partition coefficient (Wildman–Crippen LogP) is 2.81. The molecule has 0 aliphatic carbocycles. The summed E-state index contributed by atoms with van der Waals surface area (Å²) < 4.78 is 11.8. The van der Waals surface area contributed by atoms with E-state index in [1.165, 1.54) is 24.9 Å². The van der Waals surface area contributed by atoms with E-state index in [9.17, 15) is 9.90 Å². The van der Waals surface area contributed by atoms with E-state index in [0.29, 0.717) is 27.8 Å². The Morgan fingerprint density at radius 3 is 2.54 bits per heavy atom. The first-order valence-corrected chi connectivity index (χ1v) is 7.83. The number of hydrogen-bond donors (Lipinski definition) is 2. The van der Waals surface area contributed by atoms with Gasteiger partial charge < -0.3 is 24.5 Å². The lowest BCUT2D eigenvalue weighted by Gasteiger charge is -2.16. The summed E-state index contributed by atoms with van der Waals surface area (Å²) >= 11 is 11.8. The van der Waals surface area contributed by atoms with Crippen LogP contribution in [0, 0.1) is 0 Å². The van der Waals surface area contributed by atoms with Crippen LogP contribution in [0.4, 0.5) is 0 Å². The first kappa shape index (κ1) is 18.4. The molecule has 0 saturated heterocycles. The van der Waals surface area contributed by atoms with Gasteiger partial charge >= 0.3 is 0 Å². The molecule has 2 N–H and O–H groups in total. The Labute approximate surface area is 149 Å². The predicted molar refractivity (Wildman–Crippen MR) is 92.3 cm³/mol. The van der Waals surface area contributed by atoms with Crippen LogP contribution in [0.15, 0.2) is 24.3 Å². The molecule has 0 radical (unpaired) electrons. The van der Waals surface area contributed by atoms with Crippen molar-refractivity contribution in [3.63, 3.8) is 0 Å². The van der Waals surface area contributed by atoms with Gasteiger partial charge in [0.05, 0.1) is 19.2 Å². The Balaban J connectivity index is 2.11. The highest BCUT2D eigenvalue weighted by Crippen LogP contribution is 2.29. The van der Waals surface area contributed by atoms with Crippen molar-refractivity contribution < 1.29 is 19.4 Å². The van der Waals surface area contributed by atoms with Crippen LogP contribution in [0.1, 0.15) is 22.2 Å². The summed E-state index contributed by atoms with van der Waals surface area (Å²) in [5.41, 5.74) is 0.815. The maximum Gasteiger partial charge on any atom is 0.268 e. The average molecular weight is 373 g/mol. The van der Waals surface area contributed by atoms with Gasteiger partial charge in [-0.3, -0.25) is 4.79 Å². The molecule has 2 aromatic rings. The number of aliphatic hydroxyl groups excluding tert-OH is 1. The Bertz CT molecular complexity index is 746. The molecule has 1 aromatic heterocycles. The summed E-state index contributed by atoms with van der Waals surface area (Å²) in [4.78, 5) is 12.2. The monoisotopic (exact) mass is 372 g/mol. The number of rotatable bonds is 6. The van der Waals surface area contributed by atoms with Gasteiger partial charge in [0.2, 0.25) is 0 Å². The molecule has 0 aliphatic rings. The van der Waals surface area contributed by atoms with Gasteiger partial charge in [-0.2, -0.15) is 0 Å². The van der Waals surface area contributed by atoms with Gasteiger partial charge in [0, 0.05) is 19.2 Å². The van der Waals surface area contributed by atoms with Gasteiger partial charge in [0.1, 0.15) is 28.5 Å². The molecule has 1 heterocycles. The van der Waals surface area contributed by atoms with Crippen molar-refractivity contribution in [1.82, 2.24) is 9.88 Å². The zero-order chi connectivity index (χ0) is 17.9. The summed E-state index contributed by atoms with van der Waals surface area (Å²) in [5.74, 6) is 0.687. The largest absolute Gasteiger partial charge is 0.497 e. The molecule has 130 valence electrons. The average Bonchev–Trinajstić information content (AvgIpc) is 2.86. The van der Waals surface area contributed by atoms with Crippen LogP contribution < -0.4 is 14.8 Å². The van der Waals surface area contributed by atoms with E-state index in [1.807, 2.05) is 0 Å². The summed E-state index contributed by atoms with van der Waals surface area (Å²) in [5, 5.41) is 13.6. The lowest BCUT2D eigenvalue weighted by Crippen LogP contribution is -2.29. The summed E-state index contributed by atoms with van der Waals surface area (Å²) in [7, 11) is 4.66. The number of methoxy groups -OCH3 is 2. The summed E-state index contributed by atoms with van der Waals surface area (Å²) in [6.07, 6.45) is -0.967. The molecule has 0 fully saturated rings. The third-order valence-corrected chi connectivity index (χ3v) is 4.44. The number of aliphatic hydroxyl groups is 1. The number of benzene rings is 1. The molecule has 1 atom stereocenters. The number of aromatic nitrogens is 1. The maximum atomic E-state index is 12.2. The number of hydrogen-bond acceptors (Lipinski definition) is 4. The molecule has 8 heteroatoms. The minimum Gasteiger partial charge on any atom is -0.497 e. The molecule has 2 rings (SSSR count). The number of amides is 1. The lowest BCUT2D eigenvalue weighted by molar-refractivity contribution is 0.0906. The van der Waals surface area contributed by atoms with Crippen LogP contribution in [0.2, 0.25) is 10.2 Å². The van der Waals surface area contributed by atoms with Gasteiger partial charge in [-0.1, -0.05) is 23.2 Å². The first-order chi connectivity index (χ1) is 11.4. The molecule has 1 aromatic carbocycles. The first-order valence-electron chi connectivity index (χ1n) is 7.08. The zero-order valence-electron chi connectivity index (χ0n) is 13.5. The van der Waals surface area contributed by atoms with Crippen LogP contribution >= 0.6 is 23.2 Å². The Morgan fingerprint density at radius 1 is 1.29 bits per heavy atom. The molecule has 0 saturated carbocycles. The molecule has 0 aliphatic heterocycles. The molecular weight excluding hydrogens is 355 g/mol. The summed E-state index contributed by atoms with van der Waals surface area (Å²) in [6.45, 7) is -0.0111. The number of carbonyl (C=O) groups excluding carboxylic acids is 1. The number of halogens is 2. The Kier molecular flexibility index (Phi) is 5.99. The number of carbonyl (C=O) groups is 1. The molecule has 6 nitrogen and oxygen atoms in total. The van der Waals surface area contributed by atoms with E-state index < -0.39 is 12.0 Å². The van der Waals surface area contributed by atoms with E-state index in [2.05, 4.69) is 5.32 Å². The van der Waals surface area contributed by atoms with Gasteiger partial charge in [0.25, 0.3) is 5.91 Å². The Morgan fingerprint density at radius 2 is 2.00 bits per heavy atom. The van der Waals surface area contributed by atoms with Crippen LogP contribution in [0.5, 0.6) is 11.5 Å². The summed E-state index contributed by atoms with van der Waals surface area (Å²) in [6, 6.07) is 6.54. The molecular formula is C16H18Cl2N2O4. The second-order valence-electron chi connectivity index (χ2n) is 5.06. The van der Waals surface area contributed by atoms with E-state index in [1.54, 1.807) is 25.2 Å². The van der Waals surface area contributed by atoms with E-state index >= 15 is 0 Å². The van der Waals surface area contributed by atoms with Crippen molar-refractivity contribution in [2.75, 3.05) is 20.8 Å². The van der Waals surface area contributed by atoms with Crippen LogP contribution in [-0.2, 0) is 7.05 Å². The van der Waals surface area contributed by atoms with Crippen molar-refractivity contribution in [3.8, 4) is 11.5 Å². The molecule has 1 amide bonds. The standard InChI is InChI=1S/C16H18Cl2N2O4/c1-20-12(7-11(17)15(20)18)16(22)19-8-13(21)10-6-9(23-2)4-5-14(10)24-3/h4-7,13,21H,8H2,1-3H3,(H,19,22)/t13-/m0/s1. The van der Waals surface area contributed by atoms with Gasteiger partial charge in [-0.15, -0.1) is 0 Å². The minimum atomic E-state index is -0.967. The quantitative estimate of drug-likeness (QED) is 0.817. The van der Waals surface area contributed by atoms with E-state index in [0.717, 1.165) is 0 Å². The molecule has 0 unspecified atom stereocenters. The molecule has 0 bridgehead atoms. The molecule has 0 spiro atoms. The fraction of sp³-hybridized carbons (Fsp3) is 0.312. The highest BCUT2D eigenvalue weighted by atomic mass is 35.5. The van der Waals surface area contributed by atoms with Crippen molar-refractivity contribution in [3.05, 3.63) is 45.7 Å². The van der Waals surface area contributed by atoms with Crippen LogP contribution in [0.25, 0.3) is 0 Å².